The molecule has 0 atom stereocenters. The Morgan fingerprint density at radius 2 is 0.615 bits per heavy atom. The van der Waals surface area contributed by atoms with Crippen molar-refractivity contribution in [3.63, 3.8) is 0 Å². The standard InChI is InChI=1S/C38H31N/c1-27-13-17-31(18-14-27)35-22-36(32-19-15-28(2)16-20-32)26-38(25-35)39-37-23-33(29-9-5-3-6-10-29)21-34(24-37)30-11-7-4-8-12-30/h3-26,39H,1-2H3. The van der Waals surface area contributed by atoms with Crippen molar-refractivity contribution in [3.05, 3.63) is 157 Å². The van der Waals surface area contributed by atoms with Gasteiger partial charge in [0, 0.05) is 11.4 Å². The normalized spacial score (nSPS) is 10.8. The summed E-state index contributed by atoms with van der Waals surface area (Å²) in [5.41, 5.74) is 14.2. The molecule has 0 saturated heterocycles. The van der Waals surface area contributed by atoms with Gasteiger partial charge in [0.25, 0.3) is 0 Å². The second-order valence-electron chi connectivity index (χ2n) is 10.2. The van der Waals surface area contributed by atoms with Gasteiger partial charge in [0.2, 0.25) is 0 Å². The molecule has 0 aromatic heterocycles. The van der Waals surface area contributed by atoms with E-state index in [1.165, 1.54) is 55.6 Å². The Labute approximate surface area is 231 Å². The molecule has 0 heterocycles. The Morgan fingerprint density at radius 1 is 0.308 bits per heavy atom. The predicted octanol–water partition coefficient (Wildman–Crippen LogP) is 10.7. The maximum Gasteiger partial charge on any atom is 0.0396 e. The molecule has 0 aliphatic rings. The van der Waals surface area contributed by atoms with E-state index in [1.807, 2.05) is 0 Å². The largest absolute Gasteiger partial charge is 0.355 e. The van der Waals surface area contributed by atoms with Crippen LogP contribution in [-0.4, -0.2) is 0 Å². The van der Waals surface area contributed by atoms with Crippen molar-refractivity contribution in [2.24, 2.45) is 0 Å². The van der Waals surface area contributed by atoms with E-state index in [-0.39, 0.29) is 0 Å². The van der Waals surface area contributed by atoms with Gasteiger partial charge in [0.1, 0.15) is 0 Å². The molecular formula is C38H31N. The SMILES string of the molecule is Cc1ccc(-c2cc(Nc3cc(-c4ccccc4)cc(-c4ccccc4)c3)cc(-c3ccc(C)cc3)c2)cc1. The van der Waals surface area contributed by atoms with Crippen molar-refractivity contribution < 1.29 is 0 Å². The fraction of sp³-hybridized carbons (Fsp3) is 0.0526. The zero-order valence-corrected chi connectivity index (χ0v) is 22.4. The van der Waals surface area contributed by atoms with Crippen LogP contribution in [0.5, 0.6) is 0 Å². The van der Waals surface area contributed by atoms with Crippen molar-refractivity contribution in [3.8, 4) is 44.5 Å². The molecule has 0 fully saturated rings. The van der Waals surface area contributed by atoms with Crippen molar-refractivity contribution in [2.75, 3.05) is 5.32 Å². The molecule has 1 N–H and O–H groups in total. The average Bonchev–Trinajstić information content (AvgIpc) is 2.98. The summed E-state index contributed by atoms with van der Waals surface area (Å²) in [5, 5.41) is 3.77. The zero-order valence-electron chi connectivity index (χ0n) is 22.4. The minimum atomic E-state index is 1.06. The van der Waals surface area contributed by atoms with E-state index in [0.29, 0.717) is 0 Å². The number of nitrogens with one attached hydrogen (secondary N) is 1. The Hall–Kier alpha value is -4.88. The summed E-state index contributed by atoms with van der Waals surface area (Å²) in [6, 6.07) is 52.2. The van der Waals surface area contributed by atoms with Gasteiger partial charge in [-0.25, -0.2) is 0 Å². The molecule has 188 valence electrons. The summed E-state index contributed by atoms with van der Waals surface area (Å²) >= 11 is 0. The molecule has 6 rings (SSSR count). The highest BCUT2D eigenvalue weighted by Crippen LogP contribution is 2.35. The average molecular weight is 502 g/mol. The Kier molecular flexibility index (Phi) is 6.80. The van der Waals surface area contributed by atoms with Gasteiger partial charge in [-0.1, -0.05) is 120 Å². The summed E-state index contributed by atoms with van der Waals surface area (Å²) in [5.74, 6) is 0. The van der Waals surface area contributed by atoms with Gasteiger partial charge in [-0.3, -0.25) is 0 Å². The van der Waals surface area contributed by atoms with Crippen LogP contribution in [0.1, 0.15) is 11.1 Å². The lowest BCUT2D eigenvalue weighted by Gasteiger charge is -2.15. The molecule has 6 aromatic rings. The van der Waals surface area contributed by atoms with Crippen LogP contribution >= 0.6 is 0 Å². The first-order valence-electron chi connectivity index (χ1n) is 13.4. The molecule has 0 spiro atoms. The summed E-state index contributed by atoms with van der Waals surface area (Å²) in [6.07, 6.45) is 0. The smallest absolute Gasteiger partial charge is 0.0396 e. The van der Waals surface area contributed by atoms with Gasteiger partial charge in [0.05, 0.1) is 0 Å². The van der Waals surface area contributed by atoms with Gasteiger partial charge in [0.15, 0.2) is 0 Å². The fourth-order valence-corrected chi connectivity index (χ4v) is 4.99. The second-order valence-corrected chi connectivity index (χ2v) is 10.2. The van der Waals surface area contributed by atoms with Crippen molar-refractivity contribution >= 4 is 11.4 Å². The first-order chi connectivity index (χ1) is 19.1. The van der Waals surface area contributed by atoms with Gasteiger partial charge in [-0.15, -0.1) is 0 Å². The molecule has 39 heavy (non-hydrogen) atoms. The predicted molar refractivity (Wildman–Crippen MR) is 167 cm³/mol. The highest BCUT2D eigenvalue weighted by molar-refractivity contribution is 5.83. The summed E-state index contributed by atoms with van der Waals surface area (Å²) in [6.45, 7) is 4.26. The van der Waals surface area contributed by atoms with Gasteiger partial charge >= 0.3 is 0 Å². The van der Waals surface area contributed by atoms with Crippen LogP contribution < -0.4 is 5.32 Å². The van der Waals surface area contributed by atoms with Crippen molar-refractivity contribution in [1.29, 1.82) is 0 Å². The second kappa shape index (κ2) is 10.8. The van der Waals surface area contributed by atoms with E-state index in [0.717, 1.165) is 11.4 Å². The van der Waals surface area contributed by atoms with Crippen LogP contribution in [0.3, 0.4) is 0 Å². The van der Waals surface area contributed by atoms with Gasteiger partial charge in [-0.05, 0) is 94.8 Å². The Balaban J connectivity index is 1.46. The highest BCUT2D eigenvalue weighted by Gasteiger charge is 2.09. The molecule has 1 heteroatoms. The van der Waals surface area contributed by atoms with Crippen LogP contribution in [0, 0.1) is 13.8 Å². The van der Waals surface area contributed by atoms with Gasteiger partial charge in [-0.2, -0.15) is 0 Å². The molecule has 1 nitrogen and oxygen atoms in total. The molecule has 0 aliphatic heterocycles. The topological polar surface area (TPSA) is 12.0 Å². The Bertz CT molecular complexity index is 1580. The van der Waals surface area contributed by atoms with E-state index < -0.39 is 0 Å². The van der Waals surface area contributed by atoms with E-state index in [9.17, 15) is 0 Å². The van der Waals surface area contributed by atoms with E-state index in [2.05, 4.69) is 165 Å². The van der Waals surface area contributed by atoms with Crippen LogP contribution in [0.2, 0.25) is 0 Å². The van der Waals surface area contributed by atoms with Crippen LogP contribution in [0.15, 0.2) is 146 Å². The number of hydrogen-bond acceptors (Lipinski definition) is 1. The lowest BCUT2D eigenvalue weighted by atomic mass is 9.96. The fourth-order valence-electron chi connectivity index (χ4n) is 4.99. The molecular weight excluding hydrogens is 470 g/mol. The lowest BCUT2D eigenvalue weighted by molar-refractivity contribution is 1.45. The molecule has 0 amide bonds. The minimum absolute atomic E-state index is 1.06. The summed E-state index contributed by atoms with van der Waals surface area (Å²) < 4.78 is 0. The molecule has 0 unspecified atom stereocenters. The third-order valence-corrected chi connectivity index (χ3v) is 7.14. The van der Waals surface area contributed by atoms with E-state index >= 15 is 0 Å². The monoisotopic (exact) mass is 501 g/mol. The number of benzene rings is 6. The van der Waals surface area contributed by atoms with Gasteiger partial charge < -0.3 is 5.32 Å². The number of hydrogen-bond donors (Lipinski definition) is 1. The molecule has 0 bridgehead atoms. The maximum absolute atomic E-state index is 3.77. The minimum Gasteiger partial charge on any atom is -0.355 e. The molecule has 0 saturated carbocycles. The molecule has 0 radical (unpaired) electrons. The Morgan fingerprint density at radius 3 is 0.949 bits per heavy atom. The van der Waals surface area contributed by atoms with Crippen molar-refractivity contribution in [1.82, 2.24) is 0 Å². The molecule has 0 aliphatic carbocycles. The quantitative estimate of drug-likeness (QED) is 0.239. The number of aryl methyl sites for hydroxylation is 2. The van der Waals surface area contributed by atoms with Crippen LogP contribution in [0.25, 0.3) is 44.5 Å². The number of anilines is 2. The first kappa shape index (κ1) is 24.5. The van der Waals surface area contributed by atoms with Crippen LogP contribution in [0.4, 0.5) is 11.4 Å². The number of rotatable bonds is 6. The zero-order chi connectivity index (χ0) is 26.6. The highest BCUT2D eigenvalue weighted by atomic mass is 14.9. The third kappa shape index (κ3) is 5.68. The van der Waals surface area contributed by atoms with Crippen molar-refractivity contribution in [2.45, 2.75) is 13.8 Å². The maximum atomic E-state index is 3.77. The third-order valence-electron chi connectivity index (χ3n) is 7.14. The lowest BCUT2D eigenvalue weighted by Crippen LogP contribution is -1.94. The molecule has 6 aromatic carbocycles. The van der Waals surface area contributed by atoms with E-state index in [1.54, 1.807) is 0 Å². The first-order valence-corrected chi connectivity index (χ1v) is 13.4. The summed E-state index contributed by atoms with van der Waals surface area (Å²) in [4.78, 5) is 0. The van der Waals surface area contributed by atoms with Crippen LogP contribution in [-0.2, 0) is 0 Å². The van der Waals surface area contributed by atoms with E-state index in [4.69, 9.17) is 0 Å². The summed E-state index contributed by atoms with van der Waals surface area (Å²) in [7, 11) is 0.